The van der Waals surface area contributed by atoms with Gasteiger partial charge in [0.05, 0.1) is 5.56 Å². The summed E-state index contributed by atoms with van der Waals surface area (Å²) in [6.07, 6.45) is 1.80. The summed E-state index contributed by atoms with van der Waals surface area (Å²) >= 11 is 3.39. The molecule has 1 aliphatic rings. The zero-order valence-electron chi connectivity index (χ0n) is 11.7. The van der Waals surface area contributed by atoms with Crippen LogP contribution in [0.4, 0.5) is 8.78 Å². The van der Waals surface area contributed by atoms with Gasteiger partial charge in [0.2, 0.25) is 0 Å². The Morgan fingerprint density at radius 1 is 1.18 bits per heavy atom. The highest BCUT2D eigenvalue weighted by Gasteiger charge is 2.34. The van der Waals surface area contributed by atoms with Crippen molar-refractivity contribution < 1.29 is 13.6 Å². The van der Waals surface area contributed by atoms with Gasteiger partial charge in [0.15, 0.2) is 11.6 Å². The number of benzene rings is 2. The predicted molar refractivity (Wildman–Crippen MR) is 83.4 cm³/mol. The van der Waals surface area contributed by atoms with Crippen LogP contribution in [0.2, 0.25) is 0 Å². The molecule has 2 aromatic rings. The van der Waals surface area contributed by atoms with E-state index in [4.69, 9.17) is 0 Å². The predicted octanol–water partition coefficient (Wildman–Crippen LogP) is 4.53. The van der Waals surface area contributed by atoms with Gasteiger partial charge in [-0.05, 0) is 42.7 Å². The van der Waals surface area contributed by atoms with E-state index in [0.29, 0.717) is 6.54 Å². The summed E-state index contributed by atoms with van der Waals surface area (Å²) in [5.41, 5.74) is 0.744. The summed E-state index contributed by atoms with van der Waals surface area (Å²) in [4.78, 5) is 14.2. The van der Waals surface area contributed by atoms with Crippen molar-refractivity contribution in [2.75, 3.05) is 0 Å². The van der Waals surface area contributed by atoms with E-state index in [-0.39, 0.29) is 11.6 Å². The van der Waals surface area contributed by atoms with Gasteiger partial charge in [-0.3, -0.25) is 4.79 Å². The summed E-state index contributed by atoms with van der Waals surface area (Å²) in [6, 6.07) is 11.4. The van der Waals surface area contributed by atoms with Crippen molar-refractivity contribution in [3.8, 4) is 0 Å². The third-order valence-corrected chi connectivity index (χ3v) is 4.17. The second-order valence-electron chi connectivity index (χ2n) is 5.40. The van der Waals surface area contributed by atoms with Crippen molar-refractivity contribution in [2.24, 2.45) is 0 Å². The Hall–Kier alpha value is -1.75. The van der Waals surface area contributed by atoms with E-state index in [2.05, 4.69) is 15.9 Å². The Morgan fingerprint density at radius 2 is 1.91 bits per heavy atom. The van der Waals surface area contributed by atoms with Crippen LogP contribution in [0.25, 0.3) is 0 Å². The first kappa shape index (κ1) is 15.2. The monoisotopic (exact) mass is 365 g/mol. The highest BCUT2D eigenvalue weighted by Crippen LogP contribution is 2.31. The molecule has 0 radical (unpaired) electrons. The Bertz CT molecular complexity index is 716. The van der Waals surface area contributed by atoms with Crippen LogP contribution in [0.3, 0.4) is 0 Å². The lowest BCUT2D eigenvalue weighted by Crippen LogP contribution is -2.33. The van der Waals surface area contributed by atoms with E-state index in [9.17, 15) is 13.6 Å². The number of hydrogen-bond acceptors (Lipinski definition) is 1. The second-order valence-corrected chi connectivity index (χ2v) is 6.31. The SMILES string of the molecule is O=C(c1cccc(F)c1F)N(Cc1cccc(Br)c1)C1CC1. The molecule has 0 spiro atoms. The molecule has 3 rings (SSSR count). The lowest BCUT2D eigenvalue weighted by molar-refractivity contribution is 0.0724. The summed E-state index contributed by atoms with van der Waals surface area (Å²) in [5, 5.41) is 0. The zero-order chi connectivity index (χ0) is 15.7. The lowest BCUT2D eigenvalue weighted by Gasteiger charge is -2.23. The number of nitrogens with zero attached hydrogens (tertiary/aromatic N) is 1. The van der Waals surface area contributed by atoms with E-state index in [1.807, 2.05) is 24.3 Å². The first-order chi connectivity index (χ1) is 10.6. The molecule has 1 aliphatic carbocycles. The highest BCUT2D eigenvalue weighted by molar-refractivity contribution is 9.10. The van der Waals surface area contributed by atoms with Crippen LogP contribution in [0.15, 0.2) is 46.9 Å². The van der Waals surface area contributed by atoms with Gasteiger partial charge in [0.25, 0.3) is 5.91 Å². The summed E-state index contributed by atoms with van der Waals surface area (Å²) < 4.78 is 28.1. The van der Waals surface area contributed by atoms with E-state index in [1.54, 1.807) is 4.90 Å². The summed E-state index contributed by atoms with van der Waals surface area (Å²) in [6.45, 7) is 0.388. The van der Waals surface area contributed by atoms with Crippen molar-refractivity contribution >= 4 is 21.8 Å². The van der Waals surface area contributed by atoms with Gasteiger partial charge in [-0.25, -0.2) is 8.78 Å². The molecule has 0 bridgehead atoms. The first-order valence-electron chi connectivity index (χ1n) is 7.05. The Morgan fingerprint density at radius 3 is 2.59 bits per heavy atom. The Labute approximate surface area is 135 Å². The van der Waals surface area contributed by atoms with E-state index in [0.717, 1.165) is 28.9 Å². The van der Waals surface area contributed by atoms with Gasteiger partial charge in [-0.15, -0.1) is 0 Å². The average Bonchev–Trinajstić information content (AvgIpc) is 3.32. The number of hydrogen-bond donors (Lipinski definition) is 0. The number of amides is 1. The van der Waals surface area contributed by atoms with Gasteiger partial charge in [-0.1, -0.05) is 34.1 Å². The highest BCUT2D eigenvalue weighted by atomic mass is 79.9. The second kappa shape index (κ2) is 6.16. The topological polar surface area (TPSA) is 20.3 Å². The number of carbonyl (C=O) groups excluding carboxylic acids is 1. The fourth-order valence-corrected chi connectivity index (χ4v) is 2.86. The van der Waals surface area contributed by atoms with Crippen molar-refractivity contribution in [1.82, 2.24) is 4.90 Å². The molecule has 0 N–H and O–H groups in total. The molecular formula is C17H14BrF2NO. The van der Waals surface area contributed by atoms with Crippen LogP contribution >= 0.6 is 15.9 Å². The average molecular weight is 366 g/mol. The van der Waals surface area contributed by atoms with Crippen molar-refractivity contribution in [2.45, 2.75) is 25.4 Å². The van der Waals surface area contributed by atoms with Crippen LogP contribution < -0.4 is 0 Å². The molecule has 2 aromatic carbocycles. The molecular weight excluding hydrogens is 352 g/mol. The van der Waals surface area contributed by atoms with Crippen LogP contribution in [-0.2, 0) is 6.54 Å². The van der Waals surface area contributed by atoms with E-state index >= 15 is 0 Å². The molecule has 1 fully saturated rings. The normalized spacial score (nSPS) is 14.0. The molecule has 1 saturated carbocycles. The Balaban J connectivity index is 1.88. The third kappa shape index (κ3) is 3.19. The van der Waals surface area contributed by atoms with Gasteiger partial charge in [-0.2, -0.15) is 0 Å². The molecule has 22 heavy (non-hydrogen) atoms. The van der Waals surface area contributed by atoms with Crippen LogP contribution in [-0.4, -0.2) is 16.8 Å². The number of carbonyl (C=O) groups is 1. The van der Waals surface area contributed by atoms with Gasteiger partial charge >= 0.3 is 0 Å². The van der Waals surface area contributed by atoms with E-state index in [1.165, 1.54) is 12.1 Å². The Kier molecular flexibility index (Phi) is 4.25. The molecule has 5 heteroatoms. The largest absolute Gasteiger partial charge is 0.331 e. The van der Waals surface area contributed by atoms with Gasteiger partial charge in [0, 0.05) is 17.1 Å². The minimum Gasteiger partial charge on any atom is -0.331 e. The maximum atomic E-state index is 13.9. The molecule has 114 valence electrons. The lowest BCUT2D eigenvalue weighted by atomic mass is 10.1. The molecule has 0 unspecified atom stereocenters. The minimum atomic E-state index is -1.08. The molecule has 0 aromatic heterocycles. The van der Waals surface area contributed by atoms with Gasteiger partial charge in [0.1, 0.15) is 0 Å². The third-order valence-electron chi connectivity index (χ3n) is 3.67. The molecule has 0 saturated heterocycles. The fraction of sp³-hybridized carbons (Fsp3) is 0.235. The van der Waals surface area contributed by atoms with Gasteiger partial charge < -0.3 is 4.90 Å². The maximum absolute atomic E-state index is 13.9. The summed E-state index contributed by atoms with van der Waals surface area (Å²) in [5.74, 6) is -2.53. The molecule has 0 heterocycles. The number of rotatable bonds is 4. The minimum absolute atomic E-state index is 0.106. The van der Waals surface area contributed by atoms with Crippen LogP contribution in [0.1, 0.15) is 28.8 Å². The van der Waals surface area contributed by atoms with Crippen molar-refractivity contribution in [1.29, 1.82) is 0 Å². The summed E-state index contributed by atoms with van der Waals surface area (Å²) in [7, 11) is 0. The fourth-order valence-electron chi connectivity index (χ4n) is 2.41. The van der Waals surface area contributed by atoms with Crippen LogP contribution in [0.5, 0.6) is 0 Å². The zero-order valence-corrected chi connectivity index (χ0v) is 13.3. The standard InChI is InChI=1S/C17H14BrF2NO/c18-12-4-1-3-11(9-12)10-21(13-7-8-13)17(22)14-5-2-6-15(19)16(14)20/h1-6,9,13H,7-8,10H2. The number of halogens is 3. The molecule has 2 nitrogen and oxygen atoms in total. The van der Waals surface area contributed by atoms with E-state index < -0.39 is 17.5 Å². The van der Waals surface area contributed by atoms with Crippen molar-refractivity contribution in [3.63, 3.8) is 0 Å². The molecule has 0 aliphatic heterocycles. The molecule has 0 atom stereocenters. The molecule has 1 amide bonds. The smallest absolute Gasteiger partial charge is 0.257 e. The maximum Gasteiger partial charge on any atom is 0.257 e. The van der Waals surface area contributed by atoms with Crippen LogP contribution in [0, 0.1) is 11.6 Å². The first-order valence-corrected chi connectivity index (χ1v) is 7.85. The quantitative estimate of drug-likeness (QED) is 0.779. The van der Waals surface area contributed by atoms with Crippen molar-refractivity contribution in [3.05, 3.63) is 69.7 Å².